The minimum Gasteiger partial charge on any atom is -0.387 e. The van der Waals surface area contributed by atoms with Crippen molar-refractivity contribution in [3.8, 4) is 0 Å². The fourth-order valence-corrected chi connectivity index (χ4v) is 2.61. The van der Waals surface area contributed by atoms with Gasteiger partial charge in [-0.05, 0) is 28.1 Å². The zero-order valence-corrected chi connectivity index (χ0v) is 15.7. The summed E-state index contributed by atoms with van der Waals surface area (Å²) in [6.07, 6.45) is 1.86. The van der Waals surface area contributed by atoms with E-state index < -0.39 is 27.9 Å². The van der Waals surface area contributed by atoms with E-state index in [1.54, 1.807) is 12.3 Å². The number of carbonyl (C=O) groups is 1. The molecular formula is C13H17BrN6O5S. The number of H-pyrrole nitrogens is 1. The lowest BCUT2D eigenvalue weighted by molar-refractivity contribution is 0.0928. The highest BCUT2D eigenvalue weighted by molar-refractivity contribution is 9.10. The molecule has 1 atom stereocenters. The van der Waals surface area contributed by atoms with Gasteiger partial charge in [0.25, 0.3) is 16.0 Å². The van der Waals surface area contributed by atoms with Crippen molar-refractivity contribution in [2.75, 3.05) is 18.8 Å². The number of carbonyl (C=O) groups excluding carboxylic acids is 1. The molecule has 0 radical (unpaired) electrons. The highest BCUT2D eigenvalue weighted by Crippen LogP contribution is 2.10. The minimum atomic E-state index is -4.14. The second kappa shape index (κ2) is 8.44. The van der Waals surface area contributed by atoms with Gasteiger partial charge in [0.15, 0.2) is 11.8 Å². The van der Waals surface area contributed by atoms with Gasteiger partial charge in [0, 0.05) is 17.2 Å². The predicted octanol–water partition coefficient (Wildman–Crippen LogP) is -1.04. The molecule has 1 aromatic heterocycles. The quantitative estimate of drug-likeness (QED) is 0.287. The summed E-state index contributed by atoms with van der Waals surface area (Å²) < 4.78 is 30.8. The topological polar surface area (TPSA) is 182 Å². The van der Waals surface area contributed by atoms with Gasteiger partial charge in [-0.2, -0.15) is 13.4 Å². The number of nitrogens with one attached hydrogen (secondary N) is 3. The normalized spacial score (nSPS) is 18.7. The van der Waals surface area contributed by atoms with Crippen LogP contribution in [0.2, 0.25) is 0 Å². The number of aliphatic hydroxyl groups is 1. The third-order valence-electron chi connectivity index (χ3n) is 3.06. The molecule has 0 aromatic carbocycles. The smallest absolute Gasteiger partial charge is 0.267 e. The lowest BCUT2D eigenvalue weighted by Gasteiger charge is -2.09. The molecule has 11 nitrogen and oxygen atoms in total. The van der Waals surface area contributed by atoms with E-state index in [0.717, 1.165) is 4.47 Å². The summed E-state index contributed by atoms with van der Waals surface area (Å²) in [6.45, 7) is -0.308. The van der Waals surface area contributed by atoms with E-state index in [9.17, 15) is 18.3 Å². The molecule has 2 rings (SSSR count). The maximum absolute atomic E-state index is 11.9. The zero-order chi connectivity index (χ0) is 19.3. The molecule has 2 heterocycles. The number of amides is 1. The van der Waals surface area contributed by atoms with Crippen molar-refractivity contribution in [3.05, 3.63) is 34.2 Å². The van der Waals surface area contributed by atoms with Crippen LogP contribution in [0.15, 0.2) is 38.5 Å². The third-order valence-corrected chi connectivity index (χ3v) is 4.22. The van der Waals surface area contributed by atoms with E-state index in [0.29, 0.717) is 5.69 Å². The number of aromatic amines is 1. The number of rotatable bonds is 7. The SMILES string of the molecule is NC1=NC(=NCCS(=O)(=O)O)C(=C[C@H](O)CNC(=O)c2cc(Br)c[nH]2)N1. The molecular weight excluding hydrogens is 432 g/mol. The summed E-state index contributed by atoms with van der Waals surface area (Å²) in [4.78, 5) is 22.4. The van der Waals surface area contributed by atoms with Crippen LogP contribution in [-0.2, 0) is 10.1 Å². The summed E-state index contributed by atoms with van der Waals surface area (Å²) in [7, 11) is -4.14. The molecule has 1 aliphatic rings. The molecule has 0 saturated carbocycles. The van der Waals surface area contributed by atoms with Gasteiger partial charge in [0.2, 0.25) is 0 Å². The first-order valence-electron chi connectivity index (χ1n) is 7.27. The second-order valence-electron chi connectivity index (χ2n) is 5.20. The van der Waals surface area contributed by atoms with Crippen LogP contribution in [0.4, 0.5) is 0 Å². The highest BCUT2D eigenvalue weighted by atomic mass is 79.9. The number of aliphatic imine (C=N–C) groups is 2. The third kappa shape index (κ3) is 6.25. The lowest BCUT2D eigenvalue weighted by atomic mass is 10.2. The number of amidine groups is 1. The maximum Gasteiger partial charge on any atom is 0.267 e. The van der Waals surface area contributed by atoms with Gasteiger partial charge in [0.1, 0.15) is 5.69 Å². The molecule has 1 amide bonds. The van der Waals surface area contributed by atoms with Gasteiger partial charge < -0.3 is 26.5 Å². The first kappa shape index (κ1) is 20.1. The van der Waals surface area contributed by atoms with Crippen LogP contribution in [0.5, 0.6) is 0 Å². The summed E-state index contributed by atoms with van der Waals surface area (Å²) in [6, 6.07) is 1.59. The van der Waals surface area contributed by atoms with Crippen LogP contribution >= 0.6 is 15.9 Å². The summed E-state index contributed by atoms with van der Waals surface area (Å²) >= 11 is 3.21. The molecule has 1 aromatic rings. The molecule has 0 bridgehead atoms. The Labute approximate surface area is 157 Å². The fourth-order valence-electron chi connectivity index (χ4n) is 1.94. The summed E-state index contributed by atoms with van der Waals surface area (Å²) in [5.74, 6) is -0.853. The first-order chi connectivity index (χ1) is 12.1. The van der Waals surface area contributed by atoms with Crippen LogP contribution in [-0.4, -0.2) is 65.7 Å². The van der Waals surface area contributed by atoms with E-state index in [4.69, 9.17) is 10.3 Å². The Morgan fingerprint density at radius 1 is 1.54 bits per heavy atom. The minimum absolute atomic E-state index is 0.0225. The number of aliphatic hydroxyl groups excluding tert-OH is 1. The summed E-state index contributed by atoms with van der Waals surface area (Å²) in [5, 5.41) is 15.2. The molecule has 0 aliphatic carbocycles. The number of nitrogens with zero attached hydrogens (tertiary/aromatic N) is 2. The number of nitrogens with two attached hydrogens (primary N) is 1. The van der Waals surface area contributed by atoms with Gasteiger partial charge in [-0.1, -0.05) is 0 Å². The van der Waals surface area contributed by atoms with Crippen molar-refractivity contribution < 1.29 is 22.9 Å². The van der Waals surface area contributed by atoms with Crippen LogP contribution in [0.3, 0.4) is 0 Å². The average Bonchev–Trinajstić information content (AvgIpc) is 3.10. The number of hydrogen-bond donors (Lipinski definition) is 6. The molecule has 0 unspecified atom stereocenters. The van der Waals surface area contributed by atoms with Gasteiger partial charge >= 0.3 is 0 Å². The van der Waals surface area contributed by atoms with Crippen LogP contribution in [0.1, 0.15) is 10.5 Å². The maximum atomic E-state index is 11.9. The molecule has 0 spiro atoms. The van der Waals surface area contributed by atoms with E-state index in [2.05, 4.69) is 41.5 Å². The molecule has 0 saturated heterocycles. The molecule has 7 N–H and O–H groups in total. The molecule has 26 heavy (non-hydrogen) atoms. The van der Waals surface area contributed by atoms with Crippen LogP contribution in [0, 0.1) is 0 Å². The van der Waals surface area contributed by atoms with Crippen molar-refractivity contribution in [1.82, 2.24) is 15.6 Å². The van der Waals surface area contributed by atoms with Crippen molar-refractivity contribution in [1.29, 1.82) is 0 Å². The number of halogens is 1. The van der Waals surface area contributed by atoms with Crippen molar-refractivity contribution >= 4 is 43.8 Å². The van der Waals surface area contributed by atoms with Gasteiger partial charge in [-0.15, -0.1) is 0 Å². The van der Waals surface area contributed by atoms with Crippen LogP contribution in [0.25, 0.3) is 0 Å². The number of hydrogen-bond acceptors (Lipinski definition) is 7. The average molecular weight is 449 g/mol. The Balaban J connectivity index is 1.95. The monoisotopic (exact) mass is 448 g/mol. The number of guanidine groups is 1. The van der Waals surface area contributed by atoms with E-state index >= 15 is 0 Å². The second-order valence-corrected chi connectivity index (χ2v) is 7.69. The summed E-state index contributed by atoms with van der Waals surface area (Å²) in [5.41, 5.74) is 6.13. The van der Waals surface area contributed by atoms with Gasteiger partial charge in [0.05, 0.1) is 24.1 Å². The Kier molecular flexibility index (Phi) is 6.52. The van der Waals surface area contributed by atoms with E-state index in [-0.39, 0.29) is 30.6 Å². The zero-order valence-electron chi connectivity index (χ0n) is 13.3. The Hall–Kier alpha value is -2.22. The largest absolute Gasteiger partial charge is 0.387 e. The van der Waals surface area contributed by atoms with E-state index in [1.807, 2.05) is 0 Å². The number of aromatic nitrogens is 1. The molecule has 142 valence electrons. The van der Waals surface area contributed by atoms with Crippen molar-refractivity contribution in [2.24, 2.45) is 15.7 Å². The highest BCUT2D eigenvalue weighted by Gasteiger charge is 2.18. The van der Waals surface area contributed by atoms with Crippen molar-refractivity contribution in [2.45, 2.75) is 6.10 Å². The fraction of sp³-hybridized carbons (Fsp3) is 0.308. The lowest BCUT2D eigenvalue weighted by Crippen LogP contribution is -2.33. The standard InChI is InChI=1S/C13H17BrN6O5S/c14-7-3-10(17-5-7)12(22)18-6-8(21)4-9-11(20-13(15)19-9)16-1-2-26(23,24)25/h3-5,8,17,21H,1-2,6H2,(H,18,22)(H,23,24,25)(H3,15,16,19,20)/t8-/m0/s1. The Bertz CT molecular complexity index is 875. The first-order valence-corrected chi connectivity index (χ1v) is 9.67. The van der Waals surface area contributed by atoms with E-state index in [1.165, 1.54) is 6.08 Å². The van der Waals surface area contributed by atoms with Crippen molar-refractivity contribution in [3.63, 3.8) is 0 Å². The Morgan fingerprint density at radius 2 is 2.27 bits per heavy atom. The van der Waals surface area contributed by atoms with Gasteiger partial charge in [-0.3, -0.25) is 14.3 Å². The predicted molar refractivity (Wildman–Crippen MR) is 98.4 cm³/mol. The molecule has 0 fully saturated rings. The van der Waals surface area contributed by atoms with Gasteiger partial charge in [-0.25, -0.2) is 0 Å². The molecule has 1 aliphatic heterocycles. The van der Waals surface area contributed by atoms with Crippen LogP contribution < -0.4 is 16.4 Å². The Morgan fingerprint density at radius 3 is 2.88 bits per heavy atom. The molecule has 13 heteroatoms.